The summed E-state index contributed by atoms with van der Waals surface area (Å²) < 4.78 is 0. The summed E-state index contributed by atoms with van der Waals surface area (Å²) in [6.45, 7) is 7.07. The fourth-order valence-electron chi connectivity index (χ4n) is 1.41. The van der Waals surface area contributed by atoms with Crippen LogP contribution in [-0.2, 0) is 9.59 Å². The molecule has 3 amide bonds. The largest absolute Gasteiger partial charge is 0.480 e. The van der Waals surface area contributed by atoms with E-state index < -0.39 is 18.0 Å². The van der Waals surface area contributed by atoms with Crippen molar-refractivity contribution in [1.82, 2.24) is 15.1 Å². The number of rotatable bonds is 6. The van der Waals surface area contributed by atoms with Crippen LogP contribution in [0.1, 0.15) is 27.7 Å². The minimum Gasteiger partial charge on any atom is -0.480 e. The molecule has 0 heterocycles. The van der Waals surface area contributed by atoms with Crippen LogP contribution in [0.5, 0.6) is 0 Å². The van der Waals surface area contributed by atoms with Crippen LogP contribution in [0.25, 0.3) is 0 Å². The van der Waals surface area contributed by atoms with Crippen molar-refractivity contribution in [1.29, 1.82) is 0 Å². The lowest BCUT2D eigenvalue weighted by Crippen LogP contribution is -2.50. The highest BCUT2D eigenvalue weighted by Crippen LogP contribution is 2.02. The molecule has 0 radical (unpaired) electrons. The van der Waals surface area contributed by atoms with Crippen molar-refractivity contribution in [3.63, 3.8) is 0 Å². The Morgan fingerprint density at radius 3 is 2.11 bits per heavy atom. The first-order chi connectivity index (χ1) is 8.70. The first kappa shape index (κ1) is 17.2. The van der Waals surface area contributed by atoms with Gasteiger partial charge in [0, 0.05) is 19.6 Å². The smallest absolute Gasteiger partial charge is 0.326 e. The molecule has 0 aromatic heterocycles. The quantitative estimate of drug-likeness (QED) is 0.731. The van der Waals surface area contributed by atoms with Crippen LogP contribution in [0.2, 0.25) is 0 Å². The highest BCUT2D eigenvalue weighted by Gasteiger charge is 2.26. The molecule has 0 aliphatic heterocycles. The zero-order chi connectivity index (χ0) is 15.2. The Kier molecular flexibility index (Phi) is 6.89. The fraction of sp³-hybridized carbons (Fsp3) is 0.750. The second kappa shape index (κ2) is 7.60. The Morgan fingerprint density at radius 2 is 1.74 bits per heavy atom. The molecule has 0 spiro atoms. The van der Waals surface area contributed by atoms with E-state index in [4.69, 9.17) is 5.11 Å². The molecule has 110 valence electrons. The summed E-state index contributed by atoms with van der Waals surface area (Å²) in [6, 6.07) is -1.41. The monoisotopic (exact) mass is 273 g/mol. The number of amides is 3. The number of aliphatic carboxylic acids is 1. The lowest BCUT2D eigenvalue weighted by Gasteiger charge is -2.29. The van der Waals surface area contributed by atoms with Crippen LogP contribution in [-0.4, -0.2) is 65.0 Å². The second-order valence-electron chi connectivity index (χ2n) is 4.64. The van der Waals surface area contributed by atoms with Crippen LogP contribution >= 0.6 is 0 Å². The Labute approximate surface area is 113 Å². The zero-order valence-electron chi connectivity index (χ0n) is 12.1. The first-order valence-electron chi connectivity index (χ1n) is 6.24. The van der Waals surface area contributed by atoms with Gasteiger partial charge in [-0.2, -0.15) is 0 Å². The number of hydrogen-bond donors (Lipinski definition) is 2. The van der Waals surface area contributed by atoms with E-state index in [2.05, 4.69) is 5.32 Å². The van der Waals surface area contributed by atoms with Gasteiger partial charge in [0.25, 0.3) is 0 Å². The number of urea groups is 1. The van der Waals surface area contributed by atoms with Crippen molar-refractivity contribution < 1.29 is 19.5 Å². The van der Waals surface area contributed by atoms with Gasteiger partial charge >= 0.3 is 12.0 Å². The molecule has 0 bridgehead atoms. The van der Waals surface area contributed by atoms with Gasteiger partial charge in [-0.1, -0.05) is 0 Å². The van der Waals surface area contributed by atoms with Crippen molar-refractivity contribution in [3.05, 3.63) is 0 Å². The van der Waals surface area contributed by atoms with E-state index in [-0.39, 0.29) is 18.5 Å². The lowest BCUT2D eigenvalue weighted by molar-refractivity contribution is -0.141. The molecule has 0 aliphatic carbocycles. The van der Waals surface area contributed by atoms with Crippen molar-refractivity contribution >= 4 is 17.9 Å². The van der Waals surface area contributed by atoms with E-state index in [1.54, 1.807) is 6.92 Å². The molecule has 0 saturated heterocycles. The average Bonchev–Trinajstić information content (AvgIpc) is 2.32. The van der Waals surface area contributed by atoms with Crippen molar-refractivity contribution in [2.45, 2.75) is 39.8 Å². The molecule has 1 atom stereocenters. The average molecular weight is 273 g/mol. The number of carboxylic acids is 1. The van der Waals surface area contributed by atoms with Gasteiger partial charge in [0.2, 0.25) is 5.91 Å². The van der Waals surface area contributed by atoms with Gasteiger partial charge in [0.1, 0.15) is 12.6 Å². The van der Waals surface area contributed by atoms with Crippen LogP contribution in [0, 0.1) is 0 Å². The van der Waals surface area contributed by atoms with Crippen LogP contribution in [0.3, 0.4) is 0 Å². The molecule has 0 rings (SSSR count). The van der Waals surface area contributed by atoms with E-state index in [1.807, 2.05) is 13.8 Å². The van der Waals surface area contributed by atoms with Crippen LogP contribution < -0.4 is 5.32 Å². The second-order valence-corrected chi connectivity index (χ2v) is 4.64. The van der Waals surface area contributed by atoms with Gasteiger partial charge in [-0.15, -0.1) is 0 Å². The first-order valence-corrected chi connectivity index (χ1v) is 6.24. The van der Waals surface area contributed by atoms with Crippen LogP contribution in [0.4, 0.5) is 4.79 Å². The molecule has 19 heavy (non-hydrogen) atoms. The number of hydrogen-bond acceptors (Lipinski definition) is 3. The zero-order valence-corrected chi connectivity index (χ0v) is 12.1. The number of carbonyl (C=O) groups excluding carboxylic acids is 2. The van der Waals surface area contributed by atoms with Gasteiger partial charge in [0.05, 0.1) is 0 Å². The van der Waals surface area contributed by atoms with Gasteiger partial charge < -0.3 is 20.2 Å². The molecule has 2 N–H and O–H groups in total. The van der Waals surface area contributed by atoms with E-state index >= 15 is 0 Å². The summed E-state index contributed by atoms with van der Waals surface area (Å²) in [7, 11) is 1.41. The molecule has 7 nitrogen and oxygen atoms in total. The van der Waals surface area contributed by atoms with Crippen molar-refractivity contribution in [2.75, 3.05) is 20.1 Å². The Morgan fingerprint density at radius 1 is 1.21 bits per heavy atom. The summed E-state index contributed by atoms with van der Waals surface area (Å²) in [5.41, 5.74) is 0. The third kappa shape index (κ3) is 5.58. The molecule has 0 aromatic carbocycles. The lowest BCUT2D eigenvalue weighted by atomic mass is 10.3. The molecule has 0 fully saturated rings. The Balaban J connectivity index is 4.64. The Bertz CT molecular complexity index is 344. The molecular formula is C12H23N3O4. The summed E-state index contributed by atoms with van der Waals surface area (Å²) in [6.07, 6.45) is 0. The Hall–Kier alpha value is -1.79. The number of nitrogens with one attached hydrogen (secondary N) is 1. The van der Waals surface area contributed by atoms with Gasteiger partial charge in [-0.3, -0.25) is 4.79 Å². The van der Waals surface area contributed by atoms with E-state index in [0.717, 1.165) is 4.90 Å². The van der Waals surface area contributed by atoms with E-state index in [9.17, 15) is 14.4 Å². The highest BCUT2D eigenvalue weighted by molar-refractivity contribution is 5.86. The normalized spacial score (nSPS) is 11.9. The molecule has 0 aliphatic rings. The number of likely N-dealkylation sites (N-methyl/N-ethyl adjacent to an activating group) is 2. The third-order valence-electron chi connectivity index (χ3n) is 2.68. The van der Waals surface area contributed by atoms with Crippen molar-refractivity contribution in [2.24, 2.45) is 0 Å². The maximum Gasteiger partial charge on any atom is 0.326 e. The maximum absolute atomic E-state index is 12.0. The van der Waals surface area contributed by atoms with Crippen LogP contribution in [0.15, 0.2) is 0 Å². The highest BCUT2D eigenvalue weighted by atomic mass is 16.4. The fourth-order valence-corrected chi connectivity index (χ4v) is 1.41. The summed E-state index contributed by atoms with van der Waals surface area (Å²) in [5, 5.41) is 11.6. The topological polar surface area (TPSA) is 90.0 Å². The summed E-state index contributed by atoms with van der Waals surface area (Å²) in [4.78, 5) is 36.9. The molecule has 7 heteroatoms. The predicted molar refractivity (Wildman–Crippen MR) is 70.8 cm³/mol. The molecule has 1 unspecified atom stereocenters. The minimum atomic E-state index is -1.08. The molecule has 0 saturated carbocycles. The summed E-state index contributed by atoms with van der Waals surface area (Å²) >= 11 is 0. The molecular weight excluding hydrogens is 250 g/mol. The molecule has 0 aromatic rings. The van der Waals surface area contributed by atoms with E-state index in [0.29, 0.717) is 6.54 Å². The van der Waals surface area contributed by atoms with Gasteiger partial charge in [-0.05, 0) is 27.7 Å². The number of carbonyl (C=O) groups is 3. The minimum absolute atomic E-state index is 0.00280. The SMILES string of the molecule is CCN(CC(=O)NC(C)C)C(=O)N(C)C(C)C(=O)O. The maximum atomic E-state index is 12.0. The number of nitrogens with zero attached hydrogens (tertiary/aromatic N) is 2. The predicted octanol–water partition coefficient (Wildman–Crippen LogP) is 0.358. The van der Waals surface area contributed by atoms with E-state index in [1.165, 1.54) is 18.9 Å². The summed E-state index contributed by atoms with van der Waals surface area (Å²) in [5.74, 6) is -1.35. The van der Waals surface area contributed by atoms with Crippen molar-refractivity contribution in [3.8, 4) is 0 Å². The standard InChI is InChI=1S/C12H23N3O4/c1-6-15(7-10(16)13-8(2)3)12(19)14(5)9(4)11(17)18/h8-9H,6-7H2,1-5H3,(H,13,16)(H,17,18). The van der Waals surface area contributed by atoms with Gasteiger partial charge in [-0.25, -0.2) is 9.59 Å². The number of carboxylic acid groups (broad SMARTS) is 1. The third-order valence-corrected chi connectivity index (χ3v) is 2.68. The van der Waals surface area contributed by atoms with Gasteiger partial charge in [0.15, 0.2) is 0 Å².